The van der Waals surface area contributed by atoms with Gasteiger partial charge in [0.2, 0.25) is 10.0 Å². The summed E-state index contributed by atoms with van der Waals surface area (Å²) in [4.78, 5) is -0.188. The largest absolute Gasteiger partial charge is 0.283 e. The first-order valence-electron chi connectivity index (χ1n) is 7.98. The molecular weight excluding hydrogens is 436 g/mol. The summed E-state index contributed by atoms with van der Waals surface area (Å²) in [6.45, 7) is 0. The van der Waals surface area contributed by atoms with Crippen molar-refractivity contribution in [2.75, 3.05) is 11.0 Å². The van der Waals surface area contributed by atoms with Gasteiger partial charge in [-0.2, -0.15) is 5.26 Å². The fourth-order valence-electron chi connectivity index (χ4n) is 2.60. The summed E-state index contributed by atoms with van der Waals surface area (Å²) in [7, 11) is -2.22. The SMILES string of the molecule is CS(=O)(=O)Nc1ccc(N=Nc2ccccc2C#N)c2ccc(S(=O)(=O)Cl)cc12. The number of sulfonamides is 1. The van der Waals surface area contributed by atoms with Crippen molar-refractivity contribution in [2.45, 2.75) is 4.90 Å². The molecule has 0 spiro atoms. The third-order valence-corrected chi connectivity index (χ3v) is 5.77. The van der Waals surface area contributed by atoms with Crippen molar-refractivity contribution < 1.29 is 16.8 Å². The summed E-state index contributed by atoms with van der Waals surface area (Å²) in [5.74, 6) is 0. The molecule has 0 unspecified atom stereocenters. The van der Waals surface area contributed by atoms with Gasteiger partial charge < -0.3 is 0 Å². The van der Waals surface area contributed by atoms with Crippen LogP contribution in [-0.2, 0) is 19.1 Å². The van der Waals surface area contributed by atoms with Crippen LogP contribution < -0.4 is 4.72 Å². The third kappa shape index (κ3) is 4.89. The summed E-state index contributed by atoms with van der Waals surface area (Å²) in [6.07, 6.45) is 0.980. The van der Waals surface area contributed by atoms with Crippen LogP contribution in [0.4, 0.5) is 17.1 Å². The molecule has 0 aromatic heterocycles. The molecule has 29 heavy (non-hydrogen) atoms. The summed E-state index contributed by atoms with van der Waals surface area (Å²) >= 11 is 0. The zero-order chi connectivity index (χ0) is 21.2. The van der Waals surface area contributed by atoms with Crippen LogP contribution in [0, 0.1) is 11.3 Å². The van der Waals surface area contributed by atoms with Gasteiger partial charge in [-0.1, -0.05) is 18.2 Å². The third-order valence-electron chi connectivity index (χ3n) is 3.83. The van der Waals surface area contributed by atoms with Gasteiger partial charge in [-0.05, 0) is 36.4 Å². The predicted molar refractivity (Wildman–Crippen MR) is 111 cm³/mol. The quantitative estimate of drug-likeness (QED) is 0.456. The monoisotopic (exact) mass is 448 g/mol. The van der Waals surface area contributed by atoms with Crippen LogP contribution >= 0.6 is 10.7 Å². The molecule has 0 aliphatic rings. The number of nitrogens with zero attached hydrogens (tertiary/aromatic N) is 3. The van der Waals surface area contributed by atoms with E-state index in [4.69, 9.17) is 15.9 Å². The number of azo groups is 1. The highest BCUT2D eigenvalue weighted by molar-refractivity contribution is 8.13. The molecule has 0 fully saturated rings. The first kappa shape index (κ1) is 20.7. The van der Waals surface area contributed by atoms with E-state index in [0.29, 0.717) is 22.3 Å². The topological polar surface area (TPSA) is 129 Å². The summed E-state index contributed by atoms with van der Waals surface area (Å²) in [6, 6.07) is 15.6. The summed E-state index contributed by atoms with van der Waals surface area (Å²) in [5.41, 5.74) is 1.22. The van der Waals surface area contributed by atoms with Crippen LogP contribution in [0.15, 0.2) is 69.7 Å². The van der Waals surface area contributed by atoms with Gasteiger partial charge in [0, 0.05) is 21.5 Å². The van der Waals surface area contributed by atoms with E-state index in [1.165, 1.54) is 30.3 Å². The highest BCUT2D eigenvalue weighted by Crippen LogP contribution is 2.35. The Hall–Kier alpha value is -3.00. The lowest BCUT2D eigenvalue weighted by Crippen LogP contribution is -2.09. The highest BCUT2D eigenvalue weighted by Gasteiger charge is 2.15. The van der Waals surface area contributed by atoms with Gasteiger partial charge >= 0.3 is 0 Å². The lowest BCUT2D eigenvalue weighted by atomic mass is 10.1. The van der Waals surface area contributed by atoms with Gasteiger partial charge in [-0.15, -0.1) is 10.2 Å². The zero-order valence-corrected chi connectivity index (χ0v) is 17.3. The number of benzene rings is 3. The Bertz CT molecular complexity index is 1400. The molecule has 148 valence electrons. The second-order valence-electron chi connectivity index (χ2n) is 5.98. The molecule has 0 aliphatic heterocycles. The van der Waals surface area contributed by atoms with Crippen molar-refractivity contribution in [2.24, 2.45) is 10.2 Å². The van der Waals surface area contributed by atoms with E-state index >= 15 is 0 Å². The van der Waals surface area contributed by atoms with Gasteiger partial charge in [0.15, 0.2) is 0 Å². The molecule has 3 aromatic rings. The molecule has 8 nitrogen and oxygen atoms in total. The second-order valence-corrected chi connectivity index (χ2v) is 10.3. The van der Waals surface area contributed by atoms with E-state index in [-0.39, 0.29) is 16.0 Å². The average Bonchev–Trinajstić information content (AvgIpc) is 2.65. The van der Waals surface area contributed by atoms with Gasteiger partial charge in [-0.25, -0.2) is 16.8 Å². The molecule has 1 N–H and O–H groups in total. The first-order valence-corrected chi connectivity index (χ1v) is 12.2. The van der Waals surface area contributed by atoms with Crippen molar-refractivity contribution in [3.8, 4) is 6.07 Å². The Morgan fingerprint density at radius 3 is 2.28 bits per heavy atom. The first-order chi connectivity index (χ1) is 13.6. The maximum atomic E-state index is 11.7. The smallest absolute Gasteiger partial charge is 0.261 e. The molecule has 0 bridgehead atoms. The van der Waals surface area contributed by atoms with E-state index in [0.717, 1.165) is 6.26 Å². The number of rotatable bonds is 5. The van der Waals surface area contributed by atoms with Crippen LogP contribution in [0.5, 0.6) is 0 Å². The Balaban J connectivity index is 2.20. The number of hydrogen-bond acceptors (Lipinski definition) is 7. The van der Waals surface area contributed by atoms with Crippen LogP contribution in [0.3, 0.4) is 0 Å². The highest BCUT2D eigenvalue weighted by atomic mass is 35.7. The Kier molecular flexibility index (Phi) is 5.57. The van der Waals surface area contributed by atoms with E-state index in [2.05, 4.69) is 15.0 Å². The summed E-state index contributed by atoms with van der Waals surface area (Å²) in [5, 5.41) is 18.1. The average molecular weight is 449 g/mol. The fourth-order valence-corrected chi connectivity index (χ4v) is 3.96. The van der Waals surface area contributed by atoms with Crippen LogP contribution in [0.25, 0.3) is 10.8 Å². The van der Waals surface area contributed by atoms with Crippen molar-refractivity contribution in [3.63, 3.8) is 0 Å². The maximum absolute atomic E-state index is 11.7. The number of nitrogens with one attached hydrogen (secondary N) is 1. The minimum atomic E-state index is -4.03. The van der Waals surface area contributed by atoms with Crippen molar-refractivity contribution in [3.05, 3.63) is 60.2 Å². The number of hydrogen-bond donors (Lipinski definition) is 1. The van der Waals surface area contributed by atoms with Crippen molar-refractivity contribution >= 4 is 57.6 Å². The zero-order valence-electron chi connectivity index (χ0n) is 14.9. The predicted octanol–water partition coefficient (Wildman–Crippen LogP) is 4.43. The van der Waals surface area contributed by atoms with E-state index in [9.17, 15) is 16.8 Å². The van der Waals surface area contributed by atoms with Crippen LogP contribution in [-0.4, -0.2) is 23.1 Å². The minimum Gasteiger partial charge on any atom is -0.283 e. The van der Waals surface area contributed by atoms with Gasteiger partial charge in [0.05, 0.1) is 28.1 Å². The number of fused-ring (bicyclic) bond motifs is 1. The molecule has 0 atom stereocenters. The van der Waals surface area contributed by atoms with Crippen molar-refractivity contribution in [1.29, 1.82) is 5.26 Å². The molecule has 0 saturated carbocycles. The standard InChI is InChI=1S/C18H13ClN4O4S2/c1-28(24,25)23-18-9-8-17(22-21-16-5-3-2-4-12(16)11-20)14-7-6-13(10-15(14)18)29(19,26)27/h2-10,23H,1H3. The van der Waals surface area contributed by atoms with E-state index in [1.54, 1.807) is 24.3 Å². The molecule has 0 heterocycles. The Morgan fingerprint density at radius 1 is 0.931 bits per heavy atom. The lowest BCUT2D eigenvalue weighted by Gasteiger charge is -2.11. The Morgan fingerprint density at radius 2 is 1.62 bits per heavy atom. The van der Waals surface area contributed by atoms with Gasteiger partial charge in [0.25, 0.3) is 9.05 Å². The second kappa shape index (κ2) is 7.79. The van der Waals surface area contributed by atoms with Crippen molar-refractivity contribution in [1.82, 2.24) is 0 Å². The lowest BCUT2D eigenvalue weighted by molar-refractivity contribution is 0.606. The molecule has 0 saturated heterocycles. The summed E-state index contributed by atoms with van der Waals surface area (Å²) < 4.78 is 49.1. The number of halogens is 1. The molecule has 0 aliphatic carbocycles. The fraction of sp³-hybridized carbons (Fsp3) is 0.0556. The molecule has 0 radical (unpaired) electrons. The van der Waals surface area contributed by atoms with Crippen LogP contribution in [0.1, 0.15) is 5.56 Å². The number of anilines is 1. The number of nitriles is 1. The Labute approximate surface area is 171 Å². The van der Waals surface area contributed by atoms with Crippen LogP contribution in [0.2, 0.25) is 0 Å². The molecule has 11 heteroatoms. The normalized spacial score (nSPS) is 12.2. The molecular formula is C18H13ClN4O4S2. The maximum Gasteiger partial charge on any atom is 0.261 e. The molecule has 0 amide bonds. The molecule has 3 aromatic carbocycles. The minimum absolute atomic E-state index is 0.168. The van der Waals surface area contributed by atoms with E-state index in [1.807, 2.05) is 6.07 Å². The van der Waals surface area contributed by atoms with Gasteiger partial charge in [-0.3, -0.25) is 4.72 Å². The van der Waals surface area contributed by atoms with Gasteiger partial charge in [0.1, 0.15) is 11.8 Å². The van der Waals surface area contributed by atoms with E-state index < -0.39 is 19.1 Å². The molecule has 3 rings (SSSR count).